The van der Waals surface area contributed by atoms with Crippen molar-refractivity contribution in [2.24, 2.45) is 11.8 Å². The number of nitrogens with one attached hydrogen (secondary N) is 2. The molecular weight excluding hydrogens is 396 g/mol. The zero-order chi connectivity index (χ0) is 21.0. The molecule has 2 aliphatic rings. The van der Waals surface area contributed by atoms with Crippen molar-refractivity contribution in [3.8, 4) is 0 Å². The van der Waals surface area contributed by atoms with Crippen LogP contribution in [0.1, 0.15) is 46.1 Å². The van der Waals surface area contributed by atoms with Gasteiger partial charge in [0.25, 0.3) is 0 Å². The summed E-state index contributed by atoms with van der Waals surface area (Å²) in [5, 5.41) is 8.79. The number of rotatable bonds is 9. The van der Waals surface area contributed by atoms with E-state index in [2.05, 4.69) is 78.5 Å². The first-order chi connectivity index (χ1) is 13.8. The fraction of sp³-hybridized carbons (Fsp3) is 0.652. The van der Waals surface area contributed by atoms with Crippen LogP contribution in [-0.4, -0.2) is 57.8 Å². The van der Waals surface area contributed by atoms with Crippen LogP contribution < -0.4 is 10.6 Å². The van der Waals surface area contributed by atoms with E-state index in [1.165, 1.54) is 5.56 Å². The molecule has 2 fully saturated rings. The number of hydrogen-bond acceptors (Lipinski definition) is 2. The summed E-state index contributed by atoms with van der Waals surface area (Å²) in [7, 11) is 0. The minimum atomic E-state index is 0.378. The first-order valence-corrected chi connectivity index (χ1v) is 11.8. The lowest BCUT2D eigenvalue weighted by Gasteiger charge is -2.36. The largest absolute Gasteiger partial charge is 0.360 e. The molecule has 29 heavy (non-hydrogen) atoms. The van der Waals surface area contributed by atoms with Crippen molar-refractivity contribution in [1.29, 1.82) is 0 Å². The molecule has 0 radical (unpaired) electrons. The molecule has 4 nitrogen and oxygen atoms in total. The maximum atomic E-state index is 5.75. The number of nitrogens with zero attached hydrogens (tertiary/aromatic N) is 2. The van der Waals surface area contributed by atoms with Crippen LogP contribution in [0.2, 0.25) is 0 Å². The van der Waals surface area contributed by atoms with Gasteiger partial charge in [0.1, 0.15) is 0 Å². The van der Waals surface area contributed by atoms with E-state index in [1.807, 2.05) is 0 Å². The predicted octanol–water partition coefficient (Wildman–Crippen LogP) is 3.81. The average molecular weight is 433 g/mol. The molecule has 1 aromatic rings. The lowest BCUT2D eigenvalue weighted by molar-refractivity contribution is 0.213. The highest BCUT2D eigenvalue weighted by molar-refractivity contribution is 7.80. The SMILES string of the molecule is CC(C)CC1CN(C(CC(C)C)CN2C(=S)NCC2Cc2ccccc2)C(=S)N1. The van der Waals surface area contributed by atoms with Gasteiger partial charge in [-0.3, -0.25) is 0 Å². The Bertz CT molecular complexity index is 691. The molecule has 0 saturated carbocycles. The van der Waals surface area contributed by atoms with Gasteiger partial charge in [0.2, 0.25) is 0 Å². The third-order valence-electron chi connectivity index (χ3n) is 5.86. The standard InChI is InChI=1S/C23H36N4S2/c1-16(2)10-19-14-26(23(29)25-19)21(11-17(3)4)15-27-20(13-24-22(27)28)12-18-8-6-5-7-9-18/h5-9,16-17,19-21H,10-15H2,1-4H3,(H,24,28)(H,25,29). The molecule has 1 aromatic carbocycles. The summed E-state index contributed by atoms with van der Waals surface area (Å²) >= 11 is 11.4. The van der Waals surface area contributed by atoms with E-state index in [0.29, 0.717) is 30.0 Å². The number of thiocarbonyl (C=S) groups is 2. The van der Waals surface area contributed by atoms with Crippen LogP contribution in [0.5, 0.6) is 0 Å². The summed E-state index contributed by atoms with van der Waals surface area (Å²) in [4.78, 5) is 4.84. The van der Waals surface area contributed by atoms with Crippen molar-refractivity contribution in [2.45, 2.75) is 65.1 Å². The highest BCUT2D eigenvalue weighted by Gasteiger charge is 2.36. The smallest absolute Gasteiger partial charge is 0.169 e. The molecule has 3 atom stereocenters. The second-order valence-electron chi connectivity index (χ2n) is 9.39. The third kappa shape index (κ3) is 6.05. The van der Waals surface area contributed by atoms with Gasteiger partial charge in [0.15, 0.2) is 10.2 Å². The lowest BCUT2D eigenvalue weighted by Crippen LogP contribution is -2.49. The second-order valence-corrected chi connectivity index (χ2v) is 10.2. The van der Waals surface area contributed by atoms with Gasteiger partial charge in [-0.2, -0.15) is 0 Å². The normalized spacial score (nSPS) is 23.1. The second kappa shape index (κ2) is 10.1. The quantitative estimate of drug-likeness (QED) is 0.577. The Balaban J connectivity index is 1.71. The molecule has 0 amide bonds. The fourth-order valence-corrected chi connectivity index (χ4v) is 5.29. The monoisotopic (exact) mass is 432 g/mol. The molecule has 2 aliphatic heterocycles. The minimum absolute atomic E-state index is 0.378. The van der Waals surface area contributed by atoms with Crippen molar-refractivity contribution in [1.82, 2.24) is 20.4 Å². The first kappa shape index (κ1) is 22.3. The Kier molecular flexibility index (Phi) is 7.74. The zero-order valence-corrected chi connectivity index (χ0v) is 19.9. The van der Waals surface area contributed by atoms with Gasteiger partial charge in [-0.15, -0.1) is 0 Å². The lowest BCUT2D eigenvalue weighted by atomic mass is 9.99. The molecule has 2 N–H and O–H groups in total. The Morgan fingerprint density at radius 1 is 1.03 bits per heavy atom. The predicted molar refractivity (Wildman–Crippen MR) is 130 cm³/mol. The maximum absolute atomic E-state index is 5.75. The van der Waals surface area contributed by atoms with Crippen LogP contribution >= 0.6 is 24.4 Å². The summed E-state index contributed by atoms with van der Waals surface area (Å²) in [6, 6.07) is 12.0. The van der Waals surface area contributed by atoms with Gasteiger partial charge in [-0.25, -0.2) is 0 Å². The van der Waals surface area contributed by atoms with Crippen molar-refractivity contribution in [2.75, 3.05) is 19.6 Å². The van der Waals surface area contributed by atoms with E-state index in [1.54, 1.807) is 0 Å². The molecule has 0 bridgehead atoms. The van der Waals surface area contributed by atoms with Crippen molar-refractivity contribution >= 4 is 34.7 Å². The van der Waals surface area contributed by atoms with E-state index in [4.69, 9.17) is 24.4 Å². The summed E-state index contributed by atoms with van der Waals surface area (Å²) in [6.07, 6.45) is 3.29. The fourth-order valence-electron chi connectivity index (χ4n) is 4.60. The molecule has 0 aromatic heterocycles. The van der Waals surface area contributed by atoms with E-state index < -0.39 is 0 Å². The van der Waals surface area contributed by atoms with E-state index >= 15 is 0 Å². The summed E-state index contributed by atoms with van der Waals surface area (Å²) < 4.78 is 0. The van der Waals surface area contributed by atoms with Gasteiger partial charge >= 0.3 is 0 Å². The zero-order valence-electron chi connectivity index (χ0n) is 18.2. The molecular formula is C23H36N4S2. The van der Waals surface area contributed by atoms with E-state index in [-0.39, 0.29) is 0 Å². The van der Waals surface area contributed by atoms with E-state index in [9.17, 15) is 0 Å². The molecule has 6 heteroatoms. The Labute approximate surface area is 187 Å². The van der Waals surface area contributed by atoms with Gasteiger partial charge in [0.05, 0.1) is 6.04 Å². The van der Waals surface area contributed by atoms with Crippen LogP contribution in [0.25, 0.3) is 0 Å². The van der Waals surface area contributed by atoms with Crippen LogP contribution in [0, 0.1) is 11.8 Å². The molecule has 3 unspecified atom stereocenters. The topological polar surface area (TPSA) is 30.5 Å². The number of benzene rings is 1. The van der Waals surface area contributed by atoms with Crippen LogP contribution in [-0.2, 0) is 6.42 Å². The van der Waals surface area contributed by atoms with Gasteiger partial charge in [-0.1, -0.05) is 58.0 Å². The summed E-state index contributed by atoms with van der Waals surface area (Å²) in [6.45, 7) is 12.0. The molecule has 0 aliphatic carbocycles. The first-order valence-electron chi connectivity index (χ1n) is 11.0. The van der Waals surface area contributed by atoms with Crippen molar-refractivity contribution in [3.63, 3.8) is 0 Å². The summed E-state index contributed by atoms with van der Waals surface area (Å²) in [5.74, 6) is 1.29. The molecule has 2 saturated heterocycles. The highest BCUT2D eigenvalue weighted by atomic mass is 32.1. The van der Waals surface area contributed by atoms with Gasteiger partial charge < -0.3 is 20.4 Å². The van der Waals surface area contributed by atoms with Crippen LogP contribution in [0.3, 0.4) is 0 Å². The Morgan fingerprint density at radius 3 is 2.41 bits per heavy atom. The Morgan fingerprint density at radius 2 is 1.76 bits per heavy atom. The molecule has 3 rings (SSSR count). The summed E-state index contributed by atoms with van der Waals surface area (Å²) in [5.41, 5.74) is 1.37. The maximum Gasteiger partial charge on any atom is 0.169 e. The van der Waals surface area contributed by atoms with Gasteiger partial charge in [-0.05, 0) is 61.1 Å². The van der Waals surface area contributed by atoms with E-state index in [0.717, 1.165) is 49.1 Å². The molecule has 160 valence electrons. The van der Waals surface area contributed by atoms with Crippen molar-refractivity contribution in [3.05, 3.63) is 35.9 Å². The molecule has 0 spiro atoms. The minimum Gasteiger partial charge on any atom is -0.360 e. The van der Waals surface area contributed by atoms with Gasteiger partial charge in [0, 0.05) is 31.7 Å². The van der Waals surface area contributed by atoms with Crippen LogP contribution in [0.15, 0.2) is 30.3 Å². The molecule has 2 heterocycles. The third-order valence-corrected chi connectivity index (χ3v) is 6.59. The highest BCUT2D eigenvalue weighted by Crippen LogP contribution is 2.23. The van der Waals surface area contributed by atoms with Crippen molar-refractivity contribution < 1.29 is 0 Å². The Hall–Kier alpha value is -1.40. The number of hydrogen-bond donors (Lipinski definition) is 2. The average Bonchev–Trinajstić information content (AvgIpc) is 3.17. The van der Waals surface area contributed by atoms with Crippen LogP contribution in [0.4, 0.5) is 0 Å².